The van der Waals surface area contributed by atoms with Crippen LogP contribution in [0.25, 0.3) is 0 Å². The topological polar surface area (TPSA) is 68.8 Å². The minimum atomic E-state index is -0.558. The molecule has 0 saturated heterocycles. The summed E-state index contributed by atoms with van der Waals surface area (Å²) in [6.07, 6.45) is 2.02. The maximum atomic E-state index is 13.6. The van der Waals surface area contributed by atoms with Crippen molar-refractivity contribution in [3.8, 4) is 0 Å². The number of rotatable bonds is 4. The predicted octanol–water partition coefficient (Wildman–Crippen LogP) is 0.840. The van der Waals surface area contributed by atoms with Crippen molar-refractivity contribution < 1.29 is 8.78 Å². The summed E-state index contributed by atoms with van der Waals surface area (Å²) >= 11 is 0. The molecular weight excluding hydrogens is 240 g/mol. The molecule has 7 heteroatoms. The van der Waals surface area contributed by atoms with E-state index in [9.17, 15) is 8.78 Å². The van der Waals surface area contributed by atoms with Gasteiger partial charge < -0.3 is 0 Å². The molecule has 1 heterocycles. The van der Waals surface area contributed by atoms with Crippen LogP contribution in [0.3, 0.4) is 0 Å². The van der Waals surface area contributed by atoms with Crippen LogP contribution in [0.4, 0.5) is 8.78 Å². The lowest BCUT2D eigenvalue weighted by atomic mass is 10.0. The van der Waals surface area contributed by atoms with Crippen LogP contribution >= 0.6 is 0 Å². The number of nitrogens with one attached hydrogen (secondary N) is 1. The molecule has 0 fully saturated rings. The first-order valence-corrected chi connectivity index (χ1v) is 5.36. The van der Waals surface area contributed by atoms with E-state index in [0.717, 1.165) is 18.2 Å². The third-order valence-corrected chi connectivity index (χ3v) is 2.60. The highest BCUT2D eigenvalue weighted by molar-refractivity contribution is 5.23. The van der Waals surface area contributed by atoms with E-state index < -0.39 is 17.7 Å². The van der Waals surface area contributed by atoms with Crippen molar-refractivity contribution in [2.75, 3.05) is 0 Å². The fourth-order valence-corrected chi connectivity index (χ4v) is 1.74. The molecule has 0 aliphatic rings. The fourth-order valence-electron chi connectivity index (χ4n) is 1.74. The Morgan fingerprint density at radius 1 is 1.44 bits per heavy atom. The van der Waals surface area contributed by atoms with E-state index in [1.807, 2.05) is 0 Å². The summed E-state index contributed by atoms with van der Waals surface area (Å²) in [7, 11) is 1.73. The minimum Gasteiger partial charge on any atom is -0.271 e. The van der Waals surface area contributed by atoms with Crippen molar-refractivity contribution >= 4 is 0 Å². The molecule has 1 atom stereocenters. The number of aromatic nitrogens is 3. The van der Waals surface area contributed by atoms with Crippen molar-refractivity contribution in [2.24, 2.45) is 12.9 Å². The number of nitrogens with zero attached hydrogens (tertiary/aromatic N) is 3. The lowest BCUT2D eigenvalue weighted by molar-refractivity contribution is 0.499. The van der Waals surface area contributed by atoms with Crippen LogP contribution in [0.1, 0.15) is 17.3 Å². The van der Waals surface area contributed by atoms with Gasteiger partial charge in [0.2, 0.25) is 0 Å². The fraction of sp³-hybridized carbons (Fsp3) is 0.273. The van der Waals surface area contributed by atoms with Crippen molar-refractivity contribution in [1.82, 2.24) is 20.4 Å². The second kappa shape index (κ2) is 5.19. The number of hydrogen-bond donors (Lipinski definition) is 2. The summed E-state index contributed by atoms with van der Waals surface area (Å²) in [6, 6.07) is 2.70. The molecule has 0 aliphatic heterocycles. The van der Waals surface area contributed by atoms with Crippen molar-refractivity contribution in [3.05, 3.63) is 47.3 Å². The van der Waals surface area contributed by atoms with Gasteiger partial charge in [-0.15, -0.1) is 5.10 Å². The van der Waals surface area contributed by atoms with Crippen LogP contribution in [0.5, 0.6) is 0 Å². The first kappa shape index (κ1) is 12.6. The summed E-state index contributed by atoms with van der Waals surface area (Å²) in [5.74, 6) is 4.36. The lowest BCUT2D eigenvalue weighted by Gasteiger charge is -2.15. The zero-order valence-electron chi connectivity index (χ0n) is 9.77. The molecule has 0 bridgehead atoms. The molecule has 96 valence electrons. The molecule has 3 N–H and O–H groups in total. The molecule has 18 heavy (non-hydrogen) atoms. The number of halogens is 2. The normalized spacial score (nSPS) is 12.7. The van der Waals surface area contributed by atoms with E-state index in [0.29, 0.717) is 12.1 Å². The molecule has 1 unspecified atom stereocenters. The molecule has 1 aromatic carbocycles. The summed E-state index contributed by atoms with van der Waals surface area (Å²) < 4.78 is 28.3. The van der Waals surface area contributed by atoms with Crippen LogP contribution in [-0.4, -0.2) is 15.0 Å². The number of benzene rings is 1. The maximum Gasteiger partial charge on any atom is 0.128 e. The zero-order valence-corrected chi connectivity index (χ0v) is 9.77. The number of nitrogens with two attached hydrogens (primary N) is 1. The third-order valence-electron chi connectivity index (χ3n) is 2.60. The molecular formula is C11H13F2N5. The first-order valence-electron chi connectivity index (χ1n) is 5.36. The van der Waals surface area contributed by atoms with Crippen molar-refractivity contribution in [2.45, 2.75) is 12.5 Å². The minimum absolute atomic E-state index is 0.170. The van der Waals surface area contributed by atoms with Crippen LogP contribution < -0.4 is 11.3 Å². The molecule has 0 radical (unpaired) electrons. The van der Waals surface area contributed by atoms with E-state index in [4.69, 9.17) is 5.84 Å². The summed E-state index contributed by atoms with van der Waals surface area (Å²) in [6.45, 7) is 0. The SMILES string of the molecule is Cn1cc(CC(NN)c2cc(F)ccc2F)nn1. The second-order valence-electron chi connectivity index (χ2n) is 3.97. The Bertz CT molecular complexity index is 540. The average molecular weight is 253 g/mol. The lowest BCUT2D eigenvalue weighted by Crippen LogP contribution is -2.30. The van der Waals surface area contributed by atoms with Crippen LogP contribution in [0.15, 0.2) is 24.4 Å². The Kier molecular flexibility index (Phi) is 3.63. The molecule has 0 spiro atoms. The maximum absolute atomic E-state index is 13.6. The Morgan fingerprint density at radius 2 is 2.22 bits per heavy atom. The van der Waals surface area contributed by atoms with Gasteiger partial charge in [-0.1, -0.05) is 5.21 Å². The Labute approximate surface area is 103 Å². The van der Waals surface area contributed by atoms with Crippen LogP contribution in [0.2, 0.25) is 0 Å². The van der Waals surface area contributed by atoms with E-state index in [1.165, 1.54) is 4.68 Å². The average Bonchev–Trinajstić information content (AvgIpc) is 2.75. The molecule has 0 aliphatic carbocycles. The Hall–Kier alpha value is -1.86. The van der Waals surface area contributed by atoms with Gasteiger partial charge in [0.1, 0.15) is 11.6 Å². The van der Waals surface area contributed by atoms with Gasteiger partial charge in [-0.05, 0) is 18.2 Å². The molecule has 5 nitrogen and oxygen atoms in total. The predicted molar refractivity (Wildman–Crippen MR) is 61.1 cm³/mol. The van der Waals surface area contributed by atoms with Crippen LogP contribution in [-0.2, 0) is 13.5 Å². The van der Waals surface area contributed by atoms with Crippen molar-refractivity contribution in [3.63, 3.8) is 0 Å². The molecule has 0 amide bonds. The van der Waals surface area contributed by atoms with Gasteiger partial charge in [-0.2, -0.15) is 0 Å². The highest BCUT2D eigenvalue weighted by Crippen LogP contribution is 2.20. The first-order chi connectivity index (χ1) is 8.60. The monoisotopic (exact) mass is 253 g/mol. The highest BCUT2D eigenvalue weighted by atomic mass is 19.1. The van der Waals surface area contributed by atoms with Crippen molar-refractivity contribution in [1.29, 1.82) is 0 Å². The molecule has 2 aromatic rings. The van der Waals surface area contributed by atoms with E-state index >= 15 is 0 Å². The number of hydrogen-bond acceptors (Lipinski definition) is 4. The van der Waals surface area contributed by atoms with E-state index in [2.05, 4.69) is 15.7 Å². The number of hydrazine groups is 1. The molecule has 1 aromatic heterocycles. The van der Waals surface area contributed by atoms with Gasteiger partial charge in [0, 0.05) is 25.2 Å². The van der Waals surface area contributed by atoms with Gasteiger partial charge >= 0.3 is 0 Å². The van der Waals surface area contributed by atoms with Gasteiger partial charge in [0.15, 0.2) is 0 Å². The van der Waals surface area contributed by atoms with Gasteiger partial charge in [0.25, 0.3) is 0 Å². The number of aryl methyl sites for hydroxylation is 1. The Balaban J connectivity index is 2.25. The molecule has 2 rings (SSSR count). The molecule has 0 saturated carbocycles. The quantitative estimate of drug-likeness (QED) is 0.626. The second-order valence-corrected chi connectivity index (χ2v) is 3.97. The van der Waals surface area contributed by atoms with Gasteiger partial charge in [0.05, 0.1) is 11.7 Å². The standard InChI is InChI=1S/C11H13F2N5/c1-18-6-8(16-17-18)5-11(15-14)9-4-7(12)2-3-10(9)13/h2-4,6,11,15H,5,14H2,1H3. The van der Waals surface area contributed by atoms with E-state index in [-0.39, 0.29) is 5.56 Å². The largest absolute Gasteiger partial charge is 0.271 e. The summed E-state index contributed by atoms with van der Waals surface area (Å²) in [5.41, 5.74) is 3.27. The Morgan fingerprint density at radius 3 is 2.83 bits per heavy atom. The van der Waals surface area contributed by atoms with Crippen LogP contribution in [0, 0.1) is 11.6 Å². The summed E-state index contributed by atoms with van der Waals surface area (Å²) in [4.78, 5) is 0. The third kappa shape index (κ3) is 2.69. The summed E-state index contributed by atoms with van der Waals surface area (Å²) in [5, 5.41) is 7.65. The smallest absolute Gasteiger partial charge is 0.128 e. The van der Waals surface area contributed by atoms with E-state index in [1.54, 1.807) is 13.2 Å². The highest BCUT2D eigenvalue weighted by Gasteiger charge is 2.17. The zero-order chi connectivity index (χ0) is 13.1. The van der Waals surface area contributed by atoms with Gasteiger partial charge in [-0.25, -0.2) is 8.78 Å². The van der Waals surface area contributed by atoms with Gasteiger partial charge in [-0.3, -0.25) is 16.0 Å².